The van der Waals surface area contributed by atoms with Gasteiger partial charge in [-0.05, 0) is 6.92 Å². The predicted molar refractivity (Wildman–Crippen MR) is 73.7 cm³/mol. The maximum Gasteiger partial charge on any atom is 0.279 e. The Morgan fingerprint density at radius 1 is 1.30 bits per heavy atom. The first-order valence-electron chi connectivity index (χ1n) is 6.26. The molecule has 0 saturated heterocycles. The summed E-state index contributed by atoms with van der Waals surface area (Å²) in [6.07, 6.45) is 1.54. The van der Waals surface area contributed by atoms with Crippen LogP contribution in [0.25, 0.3) is 11.2 Å². The first kappa shape index (κ1) is 12.3. The molecule has 0 atom stereocenters. The number of H-pyrrole nitrogens is 1. The number of rotatable bonds is 3. The summed E-state index contributed by atoms with van der Waals surface area (Å²) in [4.78, 5) is 31.1. The second-order valence-corrected chi connectivity index (χ2v) is 4.30. The number of aryl methyl sites for hydroxylation is 1. The second-order valence-electron chi connectivity index (χ2n) is 4.30. The fraction of sp³-hybridized carbons (Fsp3) is 0.143. The number of aromatic nitrogens is 4. The summed E-state index contributed by atoms with van der Waals surface area (Å²) < 4.78 is 1.63. The van der Waals surface area contributed by atoms with Crippen molar-refractivity contribution in [3.05, 3.63) is 58.1 Å². The van der Waals surface area contributed by atoms with Crippen LogP contribution in [0.15, 0.2) is 41.3 Å². The lowest BCUT2D eigenvalue weighted by Crippen LogP contribution is -2.21. The molecule has 0 radical (unpaired) electrons. The fourth-order valence-corrected chi connectivity index (χ4v) is 2.04. The van der Waals surface area contributed by atoms with E-state index in [4.69, 9.17) is 0 Å². The molecule has 0 amide bonds. The lowest BCUT2D eigenvalue weighted by Gasteiger charge is -2.01. The zero-order valence-electron chi connectivity index (χ0n) is 10.8. The molecule has 0 saturated carbocycles. The molecule has 2 heterocycles. The number of hydrogen-bond acceptors (Lipinski definition) is 4. The van der Waals surface area contributed by atoms with Crippen molar-refractivity contribution >= 4 is 16.9 Å². The lowest BCUT2D eigenvalue weighted by atomic mass is 10.1. The normalized spacial score (nSPS) is 10.8. The van der Waals surface area contributed by atoms with Gasteiger partial charge in [-0.15, -0.1) is 0 Å². The number of hydrogen-bond donors (Lipinski definition) is 1. The molecule has 6 nitrogen and oxygen atoms in total. The Balaban J connectivity index is 2.15. The van der Waals surface area contributed by atoms with Crippen molar-refractivity contribution in [2.45, 2.75) is 13.5 Å². The van der Waals surface area contributed by atoms with Crippen LogP contribution < -0.4 is 5.56 Å². The molecular weight excluding hydrogens is 256 g/mol. The van der Waals surface area contributed by atoms with Gasteiger partial charge in [0.15, 0.2) is 11.3 Å². The number of carbonyl (C=O) groups is 1. The Morgan fingerprint density at radius 2 is 2.05 bits per heavy atom. The summed E-state index contributed by atoms with van der Waals surface area (Å²) in [5.74, 6) is -0.391. The van der Waals surface area contributed by atoms with Gasteiger partial charge in [0.1, 0.15) is 5.52 Å². The molecule has 0 aliphatic carbocycles. The van der Waals surface area contributed by atoms with Crippen LogP contribution in [0, 0.1) is 0 Å². The van der Waals surface area contributed by atoms with Gasteiger partial charge in [0, 0.05) is 12.1 Å². The molecule has 100 valence electrons. The third kappa shape index (κ3) is 1.91. The van der Waals surface area contributed by atoms with Crippen LogP contribution in [0.2, 0.25) is 0 Å². The highest BCUT2D eigenvalue weighted by Crippen LogP contribution is 2.09. The van der Waals surface area contributed by atoms with Gasteiger partial charge < -0.3 is 4.98 Å². The average Bonchev–Trinajstić information content (AvgIpc) is 2.88. The minimum absolute atomic E-state index is 0.112. The van der Waals surface area contributed by atoms with Gasteiger partial charge in [0.25, 0.3) is 5.56 Å². The Bertz CT molecular complexity index is 833. The van der Waals surface area contributed by atoms with Crippen molar-refractivity contribution in [3.63, 3.8) is 0 Å². The molecule has 1 N–H and O–H groups in total. The number of carbonyl (C=O) groups excluding carboxylic acids is 1. The van der Waals surface area contributed by atoms with Gasteiger partial charge in [-0.2, -0.15) is 5.10 Å². The van der Waals surface area contributed by atoms with Crippen molar-refractivity contribution in [1.29, 1.82) is 0 Å². The van der Waals surface area contributed by atoms with Gasteiger partial charge in [-0.1, -0.05) is 30.3 Å². The van der Waals surface area contributed by atoms with Crippen molar-refractivity contribution in [2.75, 3.05) is 0 Å². The van der Waals surface area contributed by atoms with Gasteiger partial charge in [0.2, 0.25) is 5.78 Å². The molecule has 0 fully saturated rings. The minimum Gasteiger partial charge on any atom is -0.303 e. The van der Waals surface area contributed by atoms with Gasteiger partial charge in [0.05, 0.1) is 6.20 Å². The average molecular weight is 268 g/mol. The molecule has 2 aromatic heterocycles. The van der Waals surface area contributed by atoms with Crippen molar-refractivity contribution in [1.82, 2.24) is 19.7 Å². The molecule has 6 heteroatoms. The van der Waals surface area contributed by atoms with Crippen LogP contribution in [0.5, 0.6) is 0 Å². The molecule has 3 rings (SSSR count). The molecule has 0 bridgehead atoms. The number of fused-ring (bicyclic) bond motifs is 1. The van der Waals surface area contributed by atoms with Crippen LogP contribution in [-0.2, 0) is 6.54 Å². The third-order valence-corrected chi connectivity index (χ3v) is 3.05. The van der Waals surface area contributed by atoms with E-state index >= 15 is 0 Å². The van der Waals surface area contributed by atoms with Crippen LogP contribution in [0.4, 0.5) is 0 Å². The summed E-state index contributed by atoms with van der Waals surface area (Å²) in [6, 6.07) is 8.61. The highest BCUT2D eigenvalue weighted by atomic mass is 16.1. The lowest BCUT2D eigenvalue weighted by molar-refractivity contribution is 0.103. The van der Waals surface area contributed by atoms with Crippen LogP contribution in [-0.4, -0.2) is 25.5 Å². The second kappa shape index (κ2) is 4.73. The van der Waals surface area contributed by atoms with E-state index in [1.54, 1.807) is 28.9 Å². The summed E-state index contributed by atoms with van der Waals surface area (Å²) in [6.45, 7) is 2.53. The molecule has 3 aromatic rings. The van der Waals surface area contributed by atoms with Crippen molar-refractivity contribution < 1.29 is 4.79 Å². The SMILES string of the molecule is CCn1ncc2nc(C(=O)c3ccccc3)c(=O)[nH]c21. The monoisotopic (exact) mass is 268 g/mol. The molecule has 0 spiro atoms. The van der Waals surface area contributed by atoms with E-state index in [-0.39, 0.29) is 5.69 Å². The van der Waals surface area contributed by atoms with Crippen molar-refractivity contribution in [2.24, 2.45) is 0 Å². The predicted octanol–water partition coefficient (Wildman–Crippen LogP) is 1.37. The smallest absolute Gasteiger partial charge is 0.279 e. The van der Waals surface area contributed by atoms with E-state index in [2.05, 4.69) is 15.1 Å². The van der Waals surface area contributed by atoms with E-state index in [9.17, 15) is 9.59 Å². The third-order valence-electron chi connectivity index (χ3n) is 3.05. The Labute approximate surface area is 114 Å². The summed E-state index contributed by atoms with van der Waals surface area (Å²) >= 11 is 0. The van der Waals surface area contributed by atoms with Gasteiger partial charge >= 0.3 is 0 Å². The zero-order chi connectivity index (χ0) is 14.1. The van der Waals surface area contributed by atoms with E-state index in [0.29, 0.717) is 23.3 Å². The summed E-state index contributed by atoms with van der Waals surface area (Å²) in [5.41, 5.74) is 0.862. The molecule has 20 heavy (non-hydrogen) atoms. The highest BCUT2D eigenvalue weighted by Gasteiger charge is 2.17. The number of benzene rings is 1. The fourth-order valence-electron chi connectivity index (χ4n) is 2.04. The summed E-state index contributed by atoms with van der Waals surface area (Å²) in [5, 5.41) is 4.10. The van der Waals surface area contributed by atoms with E-state index < -0.39 is 11.3 Å². The Kier molecular flexibility index (Phi) is 2.90. The van der Waals surface area contributed by atoms with Crippen LogP contribution in [0.3, 0.4) is 0 Å². The summed E-state index contributed by atoms with van der Waals surface area (Å²) in [7, 11) is 0. The van der Waals surface area contributed by atoms with Crippen LogP contribution >= 0.6 is 0 Å². The molecule has 0 aliphatic rings. The molecular formula is C14H12N4O2. The number of aromatic amines is 1. The highest BCUT2D eigenvalue weighted by molar-refractivity contribution is 6.08. The topological polar surface area (TPSA) is 80.6 Å². The standard InChI is InChI=1S/C14H12N4O2/c1-2-18-13-10(8-15-18)16-11(14(20)17-13)12(19)9-6-4-3-5-7-9/h3-8H,2H2,1H3,(H,17,20). The van der Waals surface area contributed by atoms with Crippen LogP contribution in [0.1, 0.15) is 23.0 Å². The first-order chi connectivity index (χ1) is 9.70. The Morgan fingerprint density at radius 3 is 2.75 bits per heavy atom. The van der Waals surface area contributed by atoms with E-state index in [1.807, 2.05) is 13.0 Å². The first-order valence-corrected chi connectivity index (χ1v) is 6.26. The maximum atomic E-state index is 12.3. The Hall–Kier alpha value is -2.76. The number of nitrogens with zero attached hydrogens (tertiary/aromatic N) is 3. The molecule has 0 aliphatic heterocycles. The molecule has 0 unspecified atom stereocenters. The maximum absolute atomic E-state index is 12.3. The van der Waals surface area contributed by atoms with Gasteiger partial charge in [-0.3, -0.25) is 9.59 Å². The van der Waals surface area contributed by atoms with E-state index in [1.165, 1.54) is 6.20 Å². The van der Waals surface area contributed by atoms with Crippen molar-refractivity contribution in [3.8, 4) is 0 Å². The number of ketones is 1. The quantitative estimate of drug-likeness (QED) is 0.727. The zero-order valence-corrected chi connectivity index (χ0v) is 10.8. The van der Waals surface area contributed by atoms with E-state index in [0.717, 1.165) is 0 Å². The minimum atomic E-state index is -0.499. The number of nitrogens with one attached hydrogen (secondary N) is 1. The largest absolute Gasteiger partial charge is 0.303 e. The molecule has 1 aromatic carbocycles. The van der Waals surface area contributed by atoms with Gasteiger partial charge in [-0.25, -0.2) is 9.67 Å².